The molecule has 10 aromatic carbocycles. The van der Waals surface area contributed by atoms with E-state index < -0.39 is 0 Å². The minimum atomic E-state index is 0.0374. The summed E-state index contributed by atoms with van der Waals surface area (Å²) >= 11 is 0. The first kappa shape index (κ1) is 30.1. The van der Waals surface area contributed by atoms with Crippen molar-refractivity contribution in [1.29, 1.82) is 0 Å². The van der Waals surface area contributed by atoms with Gasteiger partial charge < -0.3 is 4.90 Å². The number of rotatable bonds is 5. The summed E-state index contributed by atoms with van der Waals surface area (Å²) in [7, 11) is 0. The van der Waals surface area contributed by atoms with E-state index in [1.54, 1.807) is 5.56 Å². The molecule has 1 nitrogen and oxygen atoms in total. The minimum Gasteiger partial charge on any atom is -0.309 e. The third kappa shape index (κ3) is 4.04. The topological polar surface area (TPSA) is 3.24 Å². The zero-order valence-corrected chi connectivity index (χ0v) is 30.0. The largest absolute Gasteiger partial charge is 0.309 e. The standard InChI is InChI=1S/C53H37N/c1-3-12-34(13-4-1)35-22-24-36(25-23-35)37-26-29-40(30-27-37)54(39-15-5-2-6-16-39)52-43-19-10-18-42-41-17-9-14-38-28-31-46-50(47(38)41)51(48(42)43)49-44(52)20-11-21-45(49)53(46)32-7-8-33-53/h1-6,9-31H,7-8,32-33H2. The van der Waals surface area contributed by atoms with Crippen molar-refractivity contribution < 1.29 is 0 Å². The summed E-state index contributed by atoms with van der Waals surface area (Å²) in [5.41, 5.74) is 11.6. The number of hydrogen-bond donors (Lipinski definition) is 0. The Kier molecular flexibility index (Phi) is 6.28. The van der Waals surface area contributed by atoms with Crippen molar-refractivity contribution in [2.45, 2.75) is 31.1 Å². The molecule has 10 aromatic rings. The van der Waals surface area contributed by atoms with Crippen LogP contribution in [0.2, 0.25) is 0 Å². The molecular formula is C53H37N. The van der Waals surface area contributed by atoms with E-state index in [9.17, 15) is 0 Å². The minimum absolute atomic E-state index is 0.0374. The lowest BCUT2D eigenvalue weighted by Crippen LogP contribution is -2.27. The van der Waals surface area contributed by atoms with Crippen LogP contribution in [0.3, 0.4) is 0 Å². The quantitative estimate of drug-likeness (QED) is 0.129. The number of benzene rings is 10. The predicted octanol–water partition coefficient (Wildman–Crippen LogP) is 14.9. The van der Waals surface area contributed by atoms with Gasteiger partial charge in [-0.05, 0) is 108 Å². The maximum absolute atomic E-state index is 2.53. The van der Waals surface area contributed by atoms with E-state index in [0.29, 0.717) is 0 Å². The summed E-state index contributed by atoms with van der Waals surface area (Å²) in [4.78, 5) is 2.53. The van der Waals surface area contributed by atoms with Gasteiger partial charge in [0.1, 0.15) is 0 Å². The highest BCUT2D eigenvalue weighted by Crippen LogP contribution is 2.60. The van der Waals surface area contributed by atoms with Gasteiger partial charge in [-0.15, -0.1) is 0 Å². The summed E-state index contributed by atoms with van der Waals surface area (Å²) in [5.74, 6) is 0. The highest BCUT2D eigenvalue weighted by Gasteiger charge is 2.43. The van der Waals surface area contributed by atoms with Crippen molar-refractivity contribution in [2.24, 2.45) is 0 Å². The fourth-order valence-electron chi connectivity index (χ4n) is 10.6. The first-order valence-electron chi connectivity index (χ1n) is 19.5. The van der Waals surface area contributed by atoms with Crippen LogP contribution in [-0.2, 0) is 5.41 Å². The Balaban J connectivity index is 1.14. The van der Waals surface area contributed by atoms with Crippen LogP contribution < -0.4 is 4.90 Å². The van der Waals surface area contributed by atoms with Crippen molar-refractivity contribution in [3.8, 4) is 22.3 Å². The molecule has 0 bridgehead atoms. The molecule has 0 amide bonds. The van der Waals surface area contributed by atoms with Gasteiger partial charge in [0.15, 0.2) is 0 Å². The Morgan fingerprint density at radius 1 is 0.333 bits per heavy atom. The van der Waals surface area contributed by atoms with E-state index in [0.717, 1.165) is 11.4 Å². The maximum Gasteiger partial charge on any atom is 0.0619 e. The van der Waals surface area contributed by atoms with Gasteiger partial charge in [-0.1, -0.05) is 165 Å². The summed E-state index contributed by atoms with van der Waals surface area (Å²) in [6, 6.07) is 65.9. The van der Waals surface area contributed by atoms with Gasteiger partial charge in [-0.2, -0.15) is 0 Å². The lowest BCUT2D eigenvalue weighted by atomic mass is 9.65. The van der Waals surface area contributed by atoms with Crippen molar-refractivity contribution in [3.05, 3.63) is 187 Å². The van der Waals surface area contributed by atoms with Crippen LogP contribution in [0.4, 0.5) is 17.1 Å². The van der Waals surface area contributed by atoms with Crippen LogP contribution in [0.5, 0.6) is 0 Å². The second-order valence-corrected chi connectivity index (χ2v) is 15.5. The van der Waals surface area contributed by atoms with Gasteiger partial charge in [0, 0.05) is 32.9 Å². The number of anilines is 3. The molecule has 0 N–H and O–H groups in total. The Morgan fingerprint density at radius 3 is 1.56 bits per heavy atom. The van der Waals surface area contributed by atoms with Crippen LogP contribution in [0.1, 0.15) is 36.8 Å². The molecule has 1 heteroatoms. The molecule has 1 saturated carbocycles. The third-order valence-electron chi connectivity index (χ3n) is 12.9. The normalized spacial score (nSPS) is 14.5. The summed E-state index contributed by atoms with van der Waals surface area (Å²) in [6.45, 7) is 0. The Hall–Kier alpha value is -6.44. The van der Waals surface area contributed by atoms with E-state index in [1.807, 2.05) is 0 Å². The number of para-hydroxylation sites is 1. The summed E-state index contributed by atoms with van der Waals surface area (Å²) in [6.07, 6.45) is 4.96. The molecule has 2 aliphatic rings. The smallest absolute Gasteiger partial charge is 0.0619 e. The first-order valence-corrected chi connectivity index (χ1v) is 19.5. The van der Waals surface area contributed by atoms with Crippen molar-refractivity contribution >= 4 is 70.9 Å². The molecule has 0 unspecified atom stereocenters. The number of nitrogens with zero attached hydrogens (tertiary/aromatic N) is 1. The van der Waals surface area contributed by atoms with E-state index in [2.05, 4.69) is 181 Å². The molecule has 0 saturated heterocycles. The number of fused-ring (bicyclic) bond motifs is 3. The molecule has 12 rings (SSSR count). The van der Waals surface area contributed by atoms with E-state index in [-0.39, 0.29) is 5.41 Å². The summed E-state index contributed by atoms with van der Waals surface area (Å²) in [5, 5.41) is 13.9. The Labute approximate surface area is 315 Å². The molecular weight excluding hydrogens is 651 g/mol. The summed E-state index contributed by atoms with van der Waals surface area (Å²) < 4.78 is 0. The van der Waals surface area contributed by atoms with E-state index >= 15 is 0 Å². The lowest BCUT2D eigenvalue weighted by molar-refractivity contribution is 0.544. The van der Waals surface area contributed by atoms with Gasteiger partial charge in [0.25, 0.3) is 0 Å². The third-order valence-corrected chi connectivity index (χ3v) is 12.9. The van der Waals surface area contributed by atoms with Crippen LogP contribution in [0.15, 0.2) is 176 Å². The molecule has 2 aliphatic carbocycles. The molecule has 54 heavy (non-hydrogen) atoms. The highest BCUT2D eigenvalue weighted by molar-refractivity contribution is 6.42. The first-order chi connectivity index (χ1) is 26.8. The maximum atomic E-state index is 2.53. The van der Waals surface area contributed by atoms with Gasteiger partial charge in [0.05, 0.1) is 5.69 Å². The van der Waals surface area contributed by atoms with E-state index in [4.69, 9.17) is 0 Å². The molecule has 1 fully saturated rings. The fourth-order valence-corrected chi connectivity index (χ4v) is 10.6. The molecule has 0 atom stereocenters. The van der Waals surface area contributed by atoms with Gasteiger partial charge in [-0.25, -0.2) is 0 Å². The zero-order valence-electron chi connectivity index (χ0n) is 30.0. The average molecular weight is 688 g/mol. The van der Waals surface area contributed by atoms with Crippen molar-refractivity contribution in [1.82, 2.24) is 0 Å². The van der Waals surface area contributed by atoms with Crippen molar-refractivity contribution in [2.75, 3.05) is 4.90 Å². The molecule has 0 aliphatic heterocycles. The van der Waals surface area contributed by atoms with Gasteiger partial charge in [0.2, 0.25) is 0 Å². The molecule has 1 spiro atoms. The molecule has 0 radical (unpaired) electrons. The van der Waals surface area contributed by atoms with Gasteiger partial charge in [-0.3, -0.25) is 0 Å². The second-order valence-electron chi connectivity index (χ2n) is 15.5. The van der Waals surface area contributed by atoms with Crippen LogP contribution in [0, 0.1) is 0 Å². The second kappa shape index (κ2) is 11.3. The van der Waals surface area contributed by atoms with E-state index in [1.165, 1.54) is 113 Å². The highest BCUT2D eigenvalue weighted by atomic mass is 15.1. The average Bonchev–Trinajstić information content (AvgIpc) is 3.74. The van der Waals surface area contributed by atoms with Crippen LogP contribution in [0.25, 0.3) is 76.1 Å². The molecule has 0 heterocycles. The molecule has 254 valence electrons. The SMILES string of the molecule is c1ccc(-c2ccc(-c3ccc(N(c4ccccc4)c4c5cccc6c5c5c7c(ccc8cccc(c9cccc4c95)c87)C64CCCC4)cc3)cc2)cc1. The Bertz CT molecular complexity index is 3060. The van der Waals surface area contributed by atoms with Crippen LogP contribution in [-0.4, -0.2) is 0 Å². The molecule has 0 aromatic heterocycles. The van der Waals surface area contributed by atoms with Gasteiger partial charge >= 0.3 is 0 Å². The fraction of sp³-hybridized carbons (Fsp3) is 0.0943. The Morgan fingerprint density at radius 2 is 0.852 bits per heavy atom. The zero-order chi connectivity index (χ0) is 35.4. The predicted molar refractivity (Wildman–Crippen MR) is 230 cm³/mol. The van der Waals surface area contributed by atoms with Crippen molar-refractivity contribution in [3.63, 3.8) is 0 Å². The number of hydrogen-bond acceptors (Lipinski definition) is 1. The van der Waals surface area contributed by atoms with Crippen LogP contribution >= 0.6 is 0 Å². The monoisotopic (exact) mass is 687 g/mol. The lowest BCUT2D eigenvalue weighted by Gasteiger charge is -2.39.